The summed E-state index contributed by atoms with van der Waals surface area (Å²) in [5.74, 6) is 1.43. The summed E-state index contributed by atoms with van der Waals surface area (Å²) >= 11 is 3.38. The third-order valence-corrected chi connectivity index (χ3v) is 6.37. The lowest BCUT2D eigenvalue weighted by Crippen LogP contribution is -2.02. The van der Waals surface area contributed by atoms with Crippen LogP contribution in [0.1, 0.15) is 15.9 Å². The molecule has 0 fully saturated rings. The van der Waals surface area contributed by atoms with Crippen LogP contribution in [0.2, 0.25) is 0 Å². The highest BCUT2D eigenvalue weighted by molar-refractivity contribution is 9.10. The number of nitrogens with zero attached hydrogens (tertiary/aromatic N) is 2. The normalized spacial score (nSPS) is 11.6. The fourth-order valence-corrected chi connectivity index (χ4v) is 4.84. The predicted molar refractivity (Wildman–Crippen MR) is 131 cm³/mol. The number of rotatable bonds is 3. The second-order valence-corrected chi connectivity index (χ2v) is 8.55. The number of halogens is 1. The molecule has 0 bridgehead atoms. The van der Waals surface area contributed by atoms with E-state index < -0.39 is 0 Å². The summed E-state index contributed by atoms with van der Waals surface area (Å²) in [6.07, 6.45) is 0. The van der Waals surface area contributed by atoms with Gasteiger partial charge in [-0.3, -0.25) is 4.79 Å². The first-order valence-corrected chi connectivity index (χ1v) is 11.1. The smallest absolute Gasteiger partial charge is 0.193 e. The van der Waals surface area contributed by atoms with Crippen LogP contribution in [0.4, 0.5) is 0 Å². The Morgan fingerprint density at radius 2 is 1.56 bits per heavy atom. The number of carbonyl (C=O) groups excluding carboxylic acids is 1. The van der Waals surface area contributed by atoms with Gasteiger partial charge >= 0.3 is 0 Å². The molecule has 154 valence electrons. The Bertz CT molecular complexity index is 1660. The van der Waals surface area contributed by atoms with E-state index >= 15 is 0 Å². The SMILES string of the molecule is Cn1c(-c2ccc(Br)o2)nc2c3cccc(C(=O)c4ccccc4)c3c3ccccc3c21. The average Bonchev–Trinajstić information content (AvgIpc) is 3.42. The van der Waals surface area contributed by atoms with Crippen molar-refractivity contribution >= 4 is 54.3 Å². The third kappa shape index (κ3) is 2.75. The van der Waals surface area contributed by atoms with Crippen molar-refractivity contribution in [2.75, 3.05) is 0 Å². The van der Waals surface area contributed by atoms with E-state index in [0.29, 0.717) is 21.6 Å². The molecule has 6 aromatic rings. The molecule has 0 saturated carbocycles. The topological polar surface area (TPSA) is 48.0 Å². The second kappa shape index (κ2) is 7.18. The maximum Gasteiger partial charge on any atom is 0.193 e. The summed E-state index contributed by atoms with van der Waals surface area (Å²) in [6.45, 7) is 0. The molecule has 2 aromatic heterocycles. The van der Waals surface area contributed by atoms with Crippen LogP contribution in [0.25, 0.3) is 44.2 Å². The fourth-order valence-electron chi connectivity index (χ4n) is 4.53. The van der Waals surface area contributed by atoms with Gasteiger partial charge in [-0.05, 0) is 33.4 Å². The van der Waals surface area contributed by atoms with Gasteiger partial charge in [-0.1, -0.05) is 72.8 Å². The highest BCUT2D eigenvalue weighted by Gasteiger charge is 2.21. The van der Waals surface area contributed by atoms with E-state index in [1.807, 2.05) is 79.8 Å². The minimum absolute atomic E-state index is 0.00632. The van der Waals surface area contributed by atoms with Crippen LogP contribution >= 0.6 is 15.9 Å². The van der Waals surface area contributed by atoms with Crippen LogP contribution in [-0.4, -0.2) is 15.3 Å². The van der Waals surface area contributed by atoms with Gasteiger partial charge in [-0.15, -0.1) is 0 Å². The summed E-state index contributed by atoms with van der Waals surface area (Å²) < 4.78 is 8.52. The summed E-state index contributed by atoms with van der Waals surface area (Å²) in [6, 6.07) is 27.3. The van der Waals surface area contributed by atoms with Gasteiger partial charge in [0.15, 0.2) is 22.0 Å². The van der Waals surface area contributed by atoms with Crippen molar-refractivity contribution in [1.82, 2.24) is 9.55 Å². The molecule has 32 heavy (non-hydrogen) atoms. The van der Waals surface area contributed by atoms with E-state index in [1.165, 1.54) is 0 Å². The number of hydrogen-bond donors (Lipinski definition) is 0. The number of imidazole rings is 1. The van der Waals surface area contributed by atoms with E-state index in [-0.39, 0.29) is 5.78 Å². The molecule has 2 heterocycles. The molecule has 4 aromatic carbocycles. The van der Waals surface area contributed by atoms with Crippen molar-refractivity contribution in [1.29, 1.82) is 0 Å². The first-order chi connectivity index (χ1) is 15.6. The highest BCUT2D eigenvalue weighted by Crippen LogP contribution is 2.39. The molecular weight excluding hydrogens is 464 g/mol. The maximum atomic E-state index is 13.5. The molecule has 0 aliphatic carbocycles. The van der Waals surface area contributed by atoms with Crippen LogP contribution in [0.5, 0.6) is 0 Å². The molecule has 0 unspecified atom stereocenters. The van der Waals surface area contributed by atoms with Gasteiger partial charge in [0, 0.05) is 34.3 Å². The van der Waals surface area contributed by atoms with Crippen LogP contribution < -0.4 is 0 Å². The third-order valence-electron chi connectivity index (χ3n) is 5.94. The van der Waals surface area contributed by atoms with Crippen molar-refractivity contribution in [3.63, 3.8) is 0 Å². The van der Waals surface area contributed by atoms with Gasteiger partial charge in [0.05, 0.1) is 11.0 Å². The zero-order valence-electron chi connectivity index (χ0n) is 17.2. The van der Waals surface area contributed by atoms with E-state index in [1.54, 1.807) is 0 Å². The molecule has 0 atom stereocenters. The maximum absolute atomic E-state index is 13.5. The van der Waals surface area contributed by atoms with Crippen molar-refractivity contribution in [2.24, 2.45) is 7.05 Å². The molecule has 0 radical (unpaired) electrons. The Labute approximate surface area is 192 Å². The van der Waals surface area contributed by atoms with Crippen molar-refractivity contribution < 1.29 is 9.21 Å². The summed E-state index contributed by atoms with van der Waals surface area (Å²) in [4.78, 5) is 18.5. The lowest BCUT2D eigenvalue weighted by molar-refractivity contribution is 0.104. The monoisotopic (exact) mass is 480 g/mol. The average molecular weight is 481 g/mol. The zero-order valence-corrected chi connectivity index (χ0v) is 18.8. The molecule has 0 saturated heterocycles. The van der Waals surface area contributed by atoms with E-state index in [9.17, 15) is 4.79 Å². The lowest BCUT2D eigenvalue weighted by Gasteiger charge is -2.12. The number of fused-ring (bicyclic) bond motifs is 6. The van der Waals surface area contributed by atoms with Crippen molar-refractivity contribution in [3.8, 4) is 11.6 Å². The molecular formula is C27H17BrN2O2. The Balaban J connectivity index is 1.76. The van der Waals surface area contributed by atoms with Gasteiger partial charge in [0.25, 0.3) is 0 Å². The number of aryl methyl sites for hydroxylation is 1. The Morgan fingerprint density at radius 3 is 2.31 bits per heavy atom. The van der Waals surface area contributed by atoms with Crippen molar-refractivity contribution in [2.45, 2.75) is 0 Å². The summed E-state index contributed by atoms with van der Waals surface area (Å²) in [7, 11) is 2.00. The minimum Gasteiger partial charge on any atom is -0.446 e. The van der Waals surface area contributed by atoms with Crippen molar-refractivity contribution in [3.05, 3.63) is 101 Å². The largest absolute Gasteiger partial charge is 0.446 e. The molecule has 0 N–H and O–H groups in total. The van der Waals surface area contributed by atoms with Crippen LogP contribution in [0, 0.1) is 0 Å². The summed E-state index contributed by atoms with van der Waals surface area (Å²) in [5.41, 5.74) is 3.22. The first-order valence-electron chi connectivity index (χ1n) is 10.3. The zero-order chi connectivity index (χ0) is 21.8. The fraction of sp³-hybridized carbons (Fsp3) is 0.0370. The molecule has 0 aliphatic heterocycles. The minimum atomic E-state index is 0.00632. The van der Waals surface area contributed by atoms with Crippen LogP contribution in [-0.2, 0) is 7.05 Å². The molecule has 0 aliphatic rings. The molecule has 0 amide bonds. The van der Waals surface area contributed by atoms with Gasteiger partial charge in [0.1, 0.15) is 0 Å². The molecule has 0 spiro atoms. The number of hydrogen-bond acceptors (Lipinski definition) is 3. The first kappa shape index (κ1) is 19.0. The predicted octanol–water partition coefficient (Wildman–Crippen LogP) is 7.13. The quantitative estimate of drug-likeness (QED) is 0.200. The van der Waals surface area contributed by atoms with E-state index in [2.05, 4.69) is 32.6 Å². The van der Waals surface area contributed by atoms with E-state index in [0.717, 1.165) is 38.4 Å². The number of aromatic nitrogens is 2. The van der Waals surface area contributed by atoms with Gasteiger partial charge in [-0.25, -0.2) is 4.98 Å². The summed E-state index contributed by atoms with van der Waals surface area (Å²) in [5, 5.41) is 3.96. The lowest BCUT2D eigenvalue weighted by atomic mass is 9.92. The van der Waals surface area contributed by atoms with Gasteiger partial charge in [0.2, 0.25) is 0 Å². The molecule has 4 nitrogen and oxygen atoms in total. The van der Waals surface area contributed by atoms with Crippen LogP contribution in [0.15, 0.2) is 94.0 Å². The second-order valence-electron chi connectivity index (χ2n) is 7.76. The Hall–Kier alpha value is -3.70. The number of benzene rings is 4. The number of carbonyl (C=O) groups is 1. The van der Waals surface area contributed by atoms with E-state index in [4.69, 9.17) is 9.40 Å². The molecule has 6 rings (SSSR count). The number of ketones is 1. The van der Waals surface area contributed by atoms with Gasteiger partial charge < -0.3 is 8.98 Å². The Kier molecular flexibility index (Phi) is 4.26. The standard InChI is InChI=1S/C27H17BrN2O2/c1-30-25-18-11-6-5-10-17(18)23-19(24(25)29-27(30)21-14-15-22(28)32-21)12-7-13-20(23)26(31)16-8-3-2-4-9-16/h2-15H,1H3. The highest BCUT2D eigenvalue weighted by atomic mass is 79.9. The number of furan rings is 1. The van der Waals surface area contributed by atoms with Crippen LogP contribution in [0.3, 0.4) is 0 Å². The van der Waals surface area contributed by atoms with Gasteiger partial charge in [-0.2, -0.15) is 0 Å². The molecule has 5 heteroatoms. The Morgan fingerprint density at radius 1 is 0.844 bits per heavy atom.